The van der Waals surface area contributed by atoms with Gasteiger partial charge >= 0.3 is 6.09 Å². The first-order valence-corrected chi connectivity index (χ1v) is 11.3. The predicted octanol–water partition coefficient (Wildman–Crippen LogP) is 4.66. The smallest absolute Gasteiger partial charge is 0.408 e. The minimum Gasteiger partial charge on any atom is -0.465 e. The first kappa shape index (κ1) is 24.2. The Hall–Kier alpha value is -1.97. The van der Waals surface area contributed by atoms with E-state index >= 15 is 0 Å². The summed E-state index contributed by atoms with van der Waals surface area (Å²) >= 11 is 5.83. The van der Waals surface area contributed by atoms with Crippen molar-refractivity contribution in [2.45, 2.75) is 77.0 Å². The van der Waals surface area contributed by atoms with Crippen LogP contribution in [0.5, 0.6) is 0 Å². The van der Waals surface area contributed by atoms with Gasteiger partial charge in [-0.05, 0) is 44.1 Å². The molecule has 2 saturated heterocycles. The quantitative estimate of drug-likeness (QED) is 0.629. The third-order valence-electron chi connectivity index (χ3n) is 6.76. The Morgan fingerprint density at radius 2 is 1.82 bits per heavy atom. The Morgan fingerprint density at radius 1 is 1.21 bits per heavy atom. The second-order valence-corrected chi connectivity index (χ2v) is 11.1. The van der Waals surface area contributed by atoms with Gasteiger partial charge in [-0.1, -0.05) is 32.4 Å². The fourth-order valence-corrected chi connectivity index (χ4v) is 5.84. The van der Waals surface area contributed by atoms with E-state index in [1.54, 1.807) is 13.8 Å². The number of halogens is 3. The van der Waals surface area contributed by atoms with Gasteiger partial charge in [-0.25, -0.2) is 13.6 Å². The molecule has 4 atom stereocenters. The molecule has 2 heterocycles. The third-order valence-corrected chi connectivity index (χ3v) is 7.05. The van der Waals surface area contributed by atoms with Gasteiger partial charge in [-0.15, -0.1) is 0 Å². The van der Waals surface area contributed by atoms with Crippen LogP contribution in [0, 0.1) is 23.0 Å². The molecule has 0 spiro atoms. The van der Waals surface area contributed by atoms with Crippen LogP contribution >= 0.6 is 11.6 Å². The molecule has 1 unspecified atom stereocenters. The van der Waals surface area contributed by atoms with E-state index in [1.165, 1.54) is 7.05 Å². The average molecular weight is 487 g/mol. The van der Waals surface area contributed by atoms with Gasteiger partial charge in [0.25, 0.3) is 5.91 Å². The molecule has 4 rings (SSSR count). The minimum absolute atomic E-state index is 0.0236. The van der Waals surface area contributed by atoms with Crippen LogP contribution in [0.4, 0.5) is 19.3 Å². The number of carboxylic acid groups (broad SMARTS) is 1. The van der Waals surface area contributed by atoms with E-state index in [0.29, 0.717) is 6.07 Å². The summed E-state index contributed by atoms with van der Waals surface area (Å²) in [5, 5.41) is 9.90. The molecule has 3 fully saturated rings. The molecule has 0 aromatic heterocycles. The van der Waals surface area contributed by atoms with Crippen molar-refractivity contribution in [3.05, 3.63) is 28.8 Å². The molecular formula is C23H29ClF2N2O5. The van der Waals surface area contributed by atoms with Crippen LogP contribution in [0.1, 0.15) is 47.5 Å². The Balaban J connectivity index is 1.85. The number of nitrogens with zero attached hydrogens (tertiary/aromatic N) is 2. The summed E-state index contributed by atoms with van der Waals surface area (Å²) in [5.41, 5.74) is -1.88. The molecule has 1 aromatic rings. The van der Waals surface area contributed by atoms with Crippen LogP contribution in [-0.4, -0.2) is 58.6 Å². The molecule has 2 amide bonds. The van der Waals surface area contributed by atoms with Crippen molar-refractivity contribution in [2.75, 3.05) is 11.9 Å². The van der Waals surface area contributed by atoms with Crippen LogP contribution < -0.4 is 4.90 Å². The zero-order valence-corrected chi connectivity index (χ0v) is 20.2. The maximum absolute atomic E-state index is 14.6. The van der Waals surface area contributed by atoms with Crippen LogP contribution in [-0.2, 0) is 14.3 Å². The molecule has 7 nitrogen and oxygen atoms in total. The number of hydrogen-bond donors (Lipinski definition) is 1. The van der Waals surface area contributed by atoms with Gasteiger partial charge in [0.15, 0.2) is 5.79 Å². The normalized spacial score (nSPS) is 30.9. The molecule has 182 valence electrons. The van der Waals surface area contributed by atoms with Crippen molar-refractivity contribution < 1.29 is 33.0 Å². The van der Waals surface area contributed by atoms with Crippen molar-refractivity contribution in [1.29, 1.82) is 0 Å². The third kappa shape index (κ3) is 3.68. The van der Waals surface area contributed by atoms with E-state index in [0.717, 1.165) is 28.7 Å². The summed E-state index contributed by atoms with van der Waals surface area (Å²) in [5.74, 6) is -3.67. The van der Waals surface area contributed by atoms with Crippen molar-refractivity contribution in [3.63, 3.8) is 0 Å². The number of anilines is 1. The summed E-state index contributed by atoms with van der Waals surface area (Å²) in [6, 6.07) is -0.376. The standard InChI is InChI=1S/C23H29ClF2N2O5/c1-21(2,3)19-23(11-7-8-11)17(32-22(4,5)33-23)16(28(19)20(30)31)18(29)27(6)15-9-12(24)13(25)10-14(15)26/h9-11,16-17,19H,7-8H2,1-6H3,(H,30,31)/t16-,17-,19?,23-/m0/s1. The molecule has 0 bridgehead atoms. The van der Waals surface area contributed by atoms with Crippen LogP contribution in [0.25, 0.3) is 0 Å². The lowest BCUT2D eigenvalue weighted by molar-refractivity contribution is -0.196. The van der Waals surface area contributed by atoms with E-state index in [1.807, 2.05) is 20.8 Å². The number of likely N-dealkylation sites (N-methyl/N-ethyl adjacent to an activating group) is 1. The van der Waals surface area contributed by atoms with Crippen molar-refractivity contribution >= 4 is 29.3 Å². The van der Waals surface area contributed by atoms with E-state index in [2.05, 4.69) is 0 Å². The fraction of sp³-hybridized carbons (Fsp3) is 0.652. The van der Waals surface area contributed by atoms with Crippen LogP contribution in [0.15, 0.2) is 12.1 Å². The highest BCUT2D eigenvalue weighted by Gasteiger charge is 2.76. The van der Waals surface area contributed by atoms with Gasteiger partial charge < -0.3 is 19.5 Å². The molecule has 10 heteroatoms. The number of carbonyl (C=O) groups is 2. The Bertz CT molecular complexity index is 1010. The largest absolute Gasteiger partial charge is 0.465 e. The summed E-state index contributed by atoms with van der Waals surface area (Å²) in [6.07, 6.45) is -0.530. The topological polar surface area (TPSA) is 79.3 Å². The maximum atomic E-state index is 14.6. The minimum atomic E-state index is -1.29. The van der Waals surface area contributed by atoms with Gasteiger partial charge in [0, 0.05) is 13.1 Å². The lowest BCUT2D eigenvalue weighted by Gasteiger charge is -2.44. The second kappa shape index (κ2) is 7.52. The number of fused-ring (bicyclic) bond motifs is 1. The van der Waals surface area contributed by atoms with Gasteiger partial charge in [-0.2, -0.15) is 0 Å². The molecule has 1 aromatic carbocycles. The lowest BCUT2D eigenvalue weighted by atomic mass is 9.73. The molecule has 1 aliphatic carbocycles. The molecular weight excluding hydrogens is 458 g/mol. The fourth-order valence-electron chi connectivity index (χ4n) is 5.68. The summed E-state index contributed by atoms with van der Waals surface area (Å²) in [7, 11) is 1.30. The van der Waals surface area contributed by atoms with Crippen molar-refractivity contribution in [1.82, 2.24) is 4.90 Å². The Morgan fingerprint density at radius 3 is 2.33 bits per heavy atom. The zero-order valence-electron chi connectivity index (χ0n) is 19.5. The van der Waals surface area contributed by atoms with Gasteiger partial charge in [0.1, 0.15) is 29.4 Å². The number of benzene rings is 1. The van der Waals surface area contributed by atoms with Gasteiger partial charge in [0.2, 0.25) is 0 Å². The molecule has 2 aliphatic heterocycles. The number of ether oxygens (including phenoxy) is 2. The first-order chi connectivity index (χ1) is 15.1. The van der Waals surface area contributed by atoms with Crippen molar-refractivity contribution in [3.8, 4) is 0 Å². The molecule has 33 heavy (non-hydrogen) atoms. The average Bonchev–Trinajstić information content (AvgIpc) is 3.43. The van der Waals surface area contributed by atoms with E-state index in [4.69, 9.17) is 21.1 Å². The Kier molecular flexibility index (Phi) is 5.50. The van der Waals surface area contributed by atoms with E-state index in [-0.39, 0.29) is 16.6 Å². The van der Waals surface area contributed by atoms with E-state index < -0.39 is 58.6 Å². The van der Waals surface area contributed by atoms with Crippen LogP contribution in [0.3, 0.4) is 0 Å². The number of rotatable bonds is 3. The maximum Gasteiger partial charge on any atom is 0.408 e. The first-order valence-electron chi connectivity index (χ1n) is 10.9. The zero-order chi connectivity index (χ0) is 24.7. The van der Waals surface area contributed by atoms with Crippen LogP contribution in [0.2, 0.25) is 5.02 Å². The summed E-state index contributed by atoms with van der Waals surface area (Å²) in [4.78, 5) is 28.5. The summed E-state index contributed by atoms with van der Waals surface area (Å²) < 4.78 is 41.0. The summed E-state index contributed by atoms with van der Waals surface area (Å²) in [6.45, 7) is 9.19. The highest BCUT2D eigenvalue weighted by molar-refractivity contribution is 6.31. The van der Waals surface area contributed by atoms with Crippen molar-refractivity contribution in [2.24, 2.45) is 11.3 Å². The SMILES string of the molecule is CN(C(=O)[C@@H]1[C@@H]2OC(C)(C)O[C@]2(C2CC2)C(C(C)(C)C)N1C(=O)O)c1cc(Cl)c(F)cc1F. The monoisotopic (exact) mass is 486 g/mol. The lowest BCUT2D eigenvalue weighted by Crippen LogP contribution is -2.58. The van der Waals surface area contributed by atoms with Gasteiger partial charge in [0.05, 0.1) is 16.8 Å². The molecule has 0 radical (unpaired) electrons. The highest BCUT2D eigenvalue weighted by atomic mass is 35.5. The number of amides is 2. The molecule has 3 aliphatic rings. The van der Waals surface area contributed by atoms with Gasteiger partial charge in [-0.3, -0.25) is 9.69 Å². The highest BCUT2D eigenvalue weighted by Crippen LogP contribution is 2.61. The number of likely N-dealkylation sites (tertiary alicyclic amines) is 1. The Labute approximate surface area is 196 Å². The second-order valence-electron chi connectivity index (χ2n) is 10.7. The molecule has 1 saturated carbocycles. The predicted molar refractivity (Wildman–Crippen MR) is 117 cm³/mol. The molecule has 1 N–H and O–H groups in total. The van der Waals surface area contributed by atoms with E-state index in [9.17, 15) is 23.5 Å². The number of hydrogen-bond acceptors (Lipinski definition) is 4. The number of carbonyl (C=O) groups excluding carboxylic acids is 1.